The summed E-state index contributed by atoms with van der Waals surface area (Å²) in [6.45, 7) is 0.784. The normalized spacial score (nSPS) is 20.5. The molecule has 1 atom stereocenters. The molecule has 1 aromatic heterocycles. The summed E-state index contributed by atoms with van der Waals surface area (Å²) in [5, 5.41) is 0.0266. The van der Waals surface area contributed by atoms with Crippen LogP contribution in [0.5, 0.6) is 0 Å². The second kappa shape index (κ2) is 5.79. The first-order valence-corrected chi connectivity index (χ1v) is 8.32. The fourth-order valence-electron chi connectivity index (χ4n) is 3.79. The van der Waals surface area contributed by atoms with Gasteiger partial charge >= 0.3 is 6.18 Å². The highest BCUT2D eigenvalue weighted by atomic mass is 19.4. The van der Waals surface area contributed by atoms with Crippen molar-refractivity contribution in [3.63, 3.8) is 0 Å². The summed E-state index contributed by atoms with van der Waals surface area (Å²) in [5.74, 6) is 0.423. The first-order valence-electron chi connectivity index (χ1n) is 8.32. The fraction of sp³-hybridized carbons (Fsp3) is 0.316. The molecule has 1 N–H and O–H groups in total. The first kappa shape index (κ1) is 16.0. The Bertz CT molecular complexity index is 940. The SMILES string of the molecule is O=c1cc(C(F)(F)F)c2cc(N3CCCC4CC=CC=C43)ccc2[nH]1. The van der Waals surface area contributed by atoms with Crippen molar-refractivity contribution in [3.8, 4) is 0 Å². The predicted molar refractivity (Wildman–Crippen MR) is 91.5 cm³/mol. The Labute approximate surface area is 142 Å². The average molecular weight is 346 g/mol. The van der Waals surface area contributed by atoms with E-state index in [-0.39, 0.29) is 10.9 Å². The summed E-state index contributed by atoms with van der Waals surface area (Å²) in [6.07, 6.45) is 4.69. The van der Waals surface area contributed by atoms with Crippen LogP contribution >= 0.6 is 0 Å². The molecule has 130 valence electrons. The second-order valence-electron chi connectivity index (χ2n) is 6.52. The van der Waals surface area contributed by atoms with Crippen molar-refractivity contribution < 1.29 is 13.2 Å². The van der Waals surface area contributed by atoms with Crippen LogP contribution < -0.4 is 10.5 Å². The summed E-state index contributed by atoms with van der Waals surface area (Å²) in [5.41, 5.74) is 0.460. The molecule has 0 saturated carbocycles. The van der Waals surface area contributed by atoms with Crippen molar-refractivity contribution in [1.82, 2.24) is 4.98 Å². The molecule has 3 nitrogen and oxygen atoms in total. The van der Waals surface area contributed by atoms with Crippen molar-refractivity contribution in [3.05, 3.63) is 64.1 Å². The Kier molecular flexibility index (Phi) is 3.71. The maximum absolute atomic E-state index is 13.4. The number of nitrogens with zero attached hydrogens (tertiary/aromatic N) is 1. The summed E-state index contributed by atoms with van der Waals surface area (Å²) >= 11 is 0. The third-order valence-corrected chi connectivity index (χ3v) is 4.93. The molecule has 1 aliphatic heterocycles. The van der Waals surface area contributed by atoms with Crippen molar-refractivity contribution >= 4 is 16.6 Å². The van der Waals surface area contributed by atoms with Gasteiger partial charge in [0, 0.05) is 40.8 Å². The van der Waals surface area contributed by atoms with Gasteiger partial charge in [0.1, 0.15) is 0 Å². The van der Waals surface area contributed by atoms with Gasteiger partial charge in [0.05, 0.1) is 5.56 Å². The van der Waals surface area contributed by atoms with Crippen LogP contribution in [0.2, 0.25) is 0 Å². The van der Waals surface area contributed by atoms with E-state index in [9.17, 15) is 18.0 Å². The lowest BCUT2D eigenvalue weighted by molar-refractivity contribution is -0.136. The molecule has 25 heavy (non-hydrogen) atoms. The number of anilines is 1. The Morgan fingerprint density at radius 1 is 1.20 bits per heavy atom. The second-order valence-corrected chi connectivity index (χ2v) is 6.52. The van der Waals surface area contributed by atoms with E-state index in [4.69, 9.17) is 0 Å². The van der Waals surface area contributed by atoms with Gasteiger partial charge in [-0.2, -0.15) is 13.2 Å². The average Bonchev–Trinajstić information content (AvgIpc) is 2.59. The lowest BCUT2D eigenvalue weighted by Crippen LogP contribution is -2.33. The number of rotatable bonds is 1. The highest BCUT2D eigenvalue weighted by Gasteiger charge is 2.34. The number of aromatic nitrogens is 1. The quantitative estimate of drug-likeness (QED) is 0.819. The largest absolute Gasteiger partial charge is 0.417 e. The number of alkyl halides is 3. The summed E-state index contributed by atoms with van der Waals surface area (Å²) in [7, 11) is 0. The molecule has 2 heterocycles. The Balaban J connectivity index is 1.86. The Morgan fingerprint density at radius 3 is 2.84 bits per heavy atom. The molecular formula is C19H17F3N2O. The molecule has 0 amide bonds. The van der Waals surface area contributed by atoms with Crippen LogP contribution in [-0.4, -0.2) is 11.5 Å². The predicted octanol–water partition coefficient (Wildman–Crippen LogP) is 4.61. The summed E-state index contributed by atoms with van der Waals surface area (Å²) in [4.78, 5) is 16.1. The van der Waals surface area contributed by atoms with Gasteiger partial charge in [-0.25, -0.2) is 0 Å². The third kappa shape index (κ3) is 2.86. The zero-order valence-corrected chi connectivity index (χ0v) is 13.4. The minimum absolute atomic E-state index is 0.0266. The number of hydrogen-bond acceptors (Lipinski definition) is 2. The molecule has 6 heteroatoms. The van der Waals surface area contributed by atoms with E-state index in [2.05, 4.69) is 22.0 Å². The van der Waals surface area contributed by atoms with E-state index in [1.54, 1.807) is 12.1 Å². The van der Waals surface area contributed by atoms with Gasteiger partial charge in [-0.05, 0) is 43.5 Å². The molecule has 1 unspecified atom stereocenters. The minimum Gasteiger partial charge on any atom is -0.345 e. The maximum Gasteiger partial charge on any atom is 0.417 e. The molecule has 4 rings (SSSR count). The molecule has 2 aliphatic rings. The molecule has 1 aromatic carbocycles. The molecule has 0 bridgehead atoms. The number of benzene rings is 1. The summed E-state index contributed by atoms with van der Waals surface area (Å²) in [6, 6.07) is 5.51. The number of nitrogens with one attached hydrogen (secondary N) is 1. The smallest absolute Gasteiger partial charge is 0.345 e. The van der Waals surface area contributed by atoms with Crippen molar-refractivity contribution in [2.75, 3.05) is 11.4 Å². The molecule has 0 radical (unpaired) electrons. The van der Waals surface area contributed by atoms with Gasteiger partial charge in [-0.3, -0.25) is 4.79 Å². The zero-order valence-electron chi connectivity index (χ0n) is 13.4. The van der Waals surface area contributed by atoms with Crippen molar-refractivity contribution in [2.24, 2.45) is 5.92 Å². The number of H-pyrrole nitrogens is 1. The number of piperidine rings is 1. The van der Waals surface area contributed by atoms with Gasteiger partial charge < -0.3 is 9.88 Å². The molecule has 2 aromatic rings. The minimum atomic E-state index is -4.57. The van der Waals surface area contributed by atoms with Gasteiger partial charge in [-0.15, -0.1) is 0 Å². The van der Waals surface area contributed by atoms with E-state index in [0.717, 1.165) is 37.2 Å². The standard InChI is InChI=1S/C19H17F3N2O/c20-19(21,22)15-11-18(25)23-16-8-7-13(10-14(15)16)24-9-3-5-12-4-1-2-6-17(12)24/h1-2,6-8,10-12H,3-5,9H2,(H,23,25). The Hall–Kier alpha value is -2.50. The number of halogens is 3. The monoisotopic (exact) mass is 346 g/mol. The van der Waals surface area contributed by atoms with Crippen LogP contribution in [0.25, 0.3) is 10.9 Å². The Morgan fingerprint density at radius 2 is 2.04 bits per heavy atom. The zero-order chi connectivity index (χ0) is 17.6. The van der Waals surface area contributed by atoms with E-state index >= 15 is 0 Å². The number of fused-ring (bicyclic) bond motifs is 2. The highest BCUT2D eigenvalue weighted by molar-refractivity contribution is 5.86. The van der Waals surface area contributed by atoms with Crippen LogP contribution in [0.15, 0.2) is 53.0 Å². The van der Waals surface area contributed by atoms with Gasteiger partial charge in [-0.1, -0.05) is 12.2 Å². The maximum atomic E-state index is 13.4. The molecular weight excluding hydrogens is 329 g/mol. The topological polar surface area (TPSA) is 36.1 Å². The van der Waals surface area contributed by atoms with Gasteiger partial charge in [0.15, 0.2) is 0 Å². The van der Waals surface area contributed by atoms with E-state index in [0.29, 0.717) is 12.0 Å². The molecule has 1 fully saturated rings. The third-order valence-electron chi connectivity index (χ3n) is 4.93. The molecule has 1 saturated heterocycles. The number of aromatic amines is 1. The summed E-state index contributed by atoms with van der Waals surface area (Å²) < 4.78 is 40.1. The van der Waals surface area contributed by atoms with Crippen LogP contribution in [0, 0.1) is 5.92 Å². The van der Waals surface area contributed by atoms with E-state index in [1.165, 1.54) is 6.07 Å². The van der Waals surface area contributed by atoms with E-state index in [1.807, 2.05) is 6.08 Å². The lowest BCUT2D eigenvalue weighted by atomic mass is 9.87. The van der Waals surface area contributed by atoms with E-state index < -0.39 is 17.3 Å². The van der Waals surface area contributed by atoms with Crippen LogP contribution in [-0.2, 0) is 6.18 Å². The van der Waals surface area contributed by atoms with Crippen LogP contribution in [0.3, 0.4) is 0 Å². The first-order chi connectivity index (χ1) is 11.9. The number of pyridine rings is 1. The van der Waals surface area contributed by atoms with Crippen molar-refractivity contribution in [2.45, 2.75) is 25.4 Å². The lowest BCUT2D eigenvalue weighted by Gasteiger charge is -2.38. The highest BCUT2D eigenvalue weighted by Crippen LogP contribution is 2.39. The fourth-order valence-corrected chi connectivity index (χ4v) is 3.79. The van der Waals surface area contributed by atoms with Gasteiger partial charge in [0.25, 0.3) is 0 Å². The number of hydrogen-bond donors (Lipinski definition) is 1. The molecule has 1 aliphatic carbocycles. The van der Waals surface area contributed by atoms with Crippen LogP contribution in [0.4, 0.5) is 18.9 Å². The van der Waals surface area contributed by atoms with Gasteiger partial charge in [0.2, 0.25) is 5.56 Å². The van der Waals surface area contributed by atoms with Crippen LogP contribution in [0.1, 0.15) is 24.8 Å². The van der Waals surface area contributed by atoms with Crippen molar-refractivity contribution in [1.29, 1.82) is 0 Å². The number of allylic oxidation sites excluding steroid dienone is 4. The molecule has 0 spiro atoms.